The van der Waals surface area contributed by atoms with Gasteiger partial charge in [-0.1, -0.05) is 54.6 Å². The van der Waals surface area contributed by atoms with Gasteiger partial charge in [0.1, 0.15) is 0 Å². The monoisotopic (exact) mass is 248 g/mol. The Labute approximate surface area is 110 Å². The first-order chi connectivity index (χ1) is 9.34. The van der Waals surface area contributed by atoms with Gasteiger partial charge in [-0.15, -0.1) is 0 Å². The summed E-state index contributed by atoms with van der Waals surface area (Å²) in [4.78, 5) is 12.1. The van der Waals surface area contributed by atoms with Crippen molar-refractivity contribution >= 4 is 5.78 Å². The fourth-order valence-electron chi connectivity index (χ4n) is 1.99. The van der Waals surface area contributed by atoms with E-state index < -0.39 is 0 Å². The third-order valence-electron chi connectivity index (χ3n) is 3.01. The highest BCUT2D eigenvalue weighted by Gasteiger charge is 2.09. The van der Waals surface area contributed by atoms with E-state index in [4.69, 9.17) is 0 Å². The fourth-order valence-corrected chi connectivity index (χ4v) is 1.99. The zero-order valence-corrected chi connectivity index (χ0v) is 10.2. The molecule has 0 amide bonds. The van der Waals surface area contributed by atoms with Crippen molar-refractivity contribution in [3.05, 3.63) is 78.1 Å². The summed E-state index contributed by atoms with van der Waals surface area (Å²) in [5.74, 6) is -0.0200. The van der Waals surface area contributed by atoms with Gasteiger partial charge in [-0.3, -0.25) is 9.89 Å². The minimum Gasteiger partial charge on any atom is -0.288 e. The van der Waals surface area contributed by atoms with Crippen LogP contribution in [0.15, 0.2) is 67.0 Å². The molecule has 0 atom stereocenters. The summed E-state index contributed by atoms with van der Waals surface area (Å²) in [7, 11) is 0. The number of rotatable bonds is 3. The first kappa shape index (κ1) is 11.4. The Morgan fingerprint density at radius 2 is 1.53 bits per heavy atom. The molecule has 3 rings (SSSR count). The summed E-state index contributed by atoms with van der Waals surface area (Å²) in [5, 5.41) is 6.43. The van der Waals surface area contributed by atoms with Crippen LogP contribution in [0.2, 0.25) is 0 Å². The largest absolute Gasteiger partial charge is 0.288 e. The van der Waals surface area contributed by atoms with Crippen molar-refractivity contribution < 1.29 is 4.79 Å². The van der Waals surface area contributed by atoms with Crippen LogP contribution in [0.5, 0.6) is 0 Å². The molecule has 0 fully saturated rings. The molecular formula is C16H12N2O. The predicted molar refractivity (Wildman–Crippen MR) is 73.9 cm³/mol. The Hall–Kier alpha value is -2.68. The molecule has 3 nitrogen and oxygen atoms in total. The molecule has 0 aliphatic carbocycles. The van der Waals surface area contributed by atoms with Crippen LogP contribution in [0.25, 0.3) is 11.1 Å². The van der Waals surface area contributed by atoms with E-state index in [1.165, 1.54) is 6.20 Å². The third kappa shape index (κ3) is 2.31. The molecular weight excluding hydrogens is 236 g/mol. The number of hydrogen-bond donors (Lipinski definition) is 1. The van der Waals surface area contributed by atoms with E-state index in [0.29, 0.717) is 11.1 Å². The van der Waals surface area contributed by atoms with E-state index in [-0.39, 0.29) is 5.78 Å². The predicted octanol–water partition coefficient (Wildman–Crippen LogP) is 3.31. The normalized spacial score (nSPS) is 10.3. The highest BCUT2D eigenvalue weighted by molar-refractivity contribution is 6.08. The summed E-state index contributed by atoms with van der Waals surface area (Å²) >= 11 is 0. The molecule has 0 aliphatic rings. The molecule has 0 radical (unpaired) electrons. The van der Waals surface area contributed by atoms with Gasteiger partial charge in [0, 0.05) is 11.8 Å². The molecule has 1 N–H and O–H groups in total. The molecule has 3 aromatic rings. The first-order valence-electron chi connectivity index (χ1n) is 6.03. The van der Waals surface area contributed by atoms with Crippen molar-refractivity contribution in [1.82, 2.24) is 10.2 Å². The van der Waals surface area contributed by atoms with Gasteiger partial charge in [-0.2, -0.15) is 5.10 Å². The number of H-pyrrole nitrogens is 1. The Bertz CT molecular complexity index is 671. The standard InChI is InChI=1S/C16H12N2O/c19-16(15-10-17-18-11-15)14-8-6-13(7-9-14)12-4-2-1-3-5-12/h1-11H,(H,17,18). The van der Waals surface area contributed by atoms with Crippen molar-refractivity contribution in [2.75, 3.05) is 0 Å². The molecule has 0 unspecified atom stereocenters. The third-order valence-corrected chi connectivity index (χ3v) is 3.01. The Kier molecular flexibility index (Phi) is 2.94. The number of aromatic amines is 1. The Morgan fingerprint density at radius 3 is 2.16 bits per heavy atom. The molecule has 0 saturated heterocycles. The number of carbonyl (C=O) groups excluding carboxylic acids is 1. The van der Waals surface area contributed by atoms with Crippen molar-refractivity contribution in [3.8, 4) is 11.1 Å². The maximum Gasteiger partial charge on any atom is 0.196 e. The molecule has 0 bridgehead atoms. The summed E-state index contributed by atoms with van der Waals surface area (Å²) < 4.78 is 0. The van der Waals surface area contributed by atoms with E-state index in [1.807, 2.05) is 54.6 Å². The van der Waals surface area contributed by atoms with Crippen LogP contribution in [0.1, 0.15) is 15.9 Å². The van der Waals surface area contributed by atoms with Gasteiger partial charge in [-0.05, 0) is 11.1 Å². The zero-order valence-electron chi connectivity index (χ0n) is 10.2. The molecule has 92 valence electrons. The minimum atomic E-state index is -0.0200. The van der Waals surface area contributed by atoms with E-state index in [2.05, 4.69) is 10.2 Å². The lowest BCUT2D eigenvalue weighted by Crippen LogP contribution is -1.99. The van der Waals surface area contributed by atoms with Gasteiger partial charge in [-0.25, -0.2) is 0 Å². The number of aromatic nitrogens is 2. The number of benzene rings is 2. The van der Waals surface area contributed by atoms with Gasteiger partial charge in [0.05, 0.1) is 11.8 Å². The number of nitrogens with zero attached hydrogens (tertiary/aromatic N) is 1. The van der Waals surface area contributed by atoms with Crippen LogP contribution in [-0.2, 0) is 0 Å². The van der Waals surface area contributed by atoms with Crippen molar-refractivity contribution in [3.63, 3.8) is 0 Å². The van der Waals surface area contributed by atoms with Crippen LogP contribution in [0, 0.1) is 0 Å². The second-order valence-electron chi connectivity index (χ2n) is 4.26. The van der Waals surface area contributed by atoms with E-state index >= 15 is 0 Å². The summed E-state index contributed by atoms with van der Waals surface area (Å²) in [5.41, 5.74) is 3.49. The fraction of sp³-hybridized carbons (Fsp3) is 0. The van der Waals surface area contributed by atoms with Crippen LogP contribution < -0.4 is 0 Å². The van der Waals surface area contributed by atoms with Gasteiger partial charge in [0.25, 0.3) is 0 Å². The van der Waals surface area contributed by atoms with Gasteiger partial charge in [0.2, 0.25) is 0 Å². The molecule has 2 aromatic carbocycles. The van der Waals surface area contributed by atoms with Crippen LogP contribution in [0.3, 0.4) is 0 Å². The lowest BCUT2D eigenvalue weighted by molar-refractivity contribution is 0.103. The summed E-state index contributed by atoms with van der Waals surface area (Å²) in [6.45, 7) is 0. The second kappa shape index (κ2) is 4.90. The maximum atomic E-state index is 12.1. The molecule has 0 aliphatic heterocycles. The van der Waals surface area contributed by atoms with Crippen LogP contribution in [0.4, 0.5) is 0 Å². The zero-order chi connectivity index (χ0) is 13.1. The molecule has 0 saturated carbocycles. The van der Waals surface area contributed by atoms with Crippen molar-refractivity contribution in [1.29, 1.82) is 0 Å². The van der Waals surface area contributed by atoms with E-state index in [9.17, 15) is 4.79 Å². The first-order valence-corrected chi connectivity index (χ1v) is 6.03. The number of carbonyl (C=O) groups is 1. The van der Waals surface area contributed by atoms with Gasteiger partial charge < -0.3 is 0 Å². The topological polar surface area (TPSA) is 45.8 Å². The van der Waals surface area contributed by atoms with Crippen LogP contribution >= 0.6 is 0 Å². The molecule has 1 aromatic heterocycles. The quantitative estimate of drug-likeness (QED) is 0.723. The SMILES string of the molecule is O=C(c1ccc(-c2ccccc2)cc1)c1cn[nH]c1. The number of nitrogens with one attached hydrogen (secondary N) is 1. The van der Waals surface area contributed by atoms with E-state index in [0.717, 1.165) is 11.1 Å². The summed E-state index contributed by atoms with van der Waals surface area (Å²) in [6.07, 6.45) is 3.14. The number of ketones is 1. The molecule has 3 heteroatoms. The Morgan fingerprint density at radius 1 is 0.842 bits per heavy atom. The van der Waals surface area contributed by atoms with Gasteiger partial charge in [0.15, 0.2) is 5.78 Å². The van der Waals surface area contributed by atoms with Gasteiger partial charge >= 0.3 is 0 Å². The highest BCUT2D eigenvalue weighted by atomic mass is 16.1. The van der Waals surface area contributed by atoms with E-state index in [1.54, 1.807) is 6.20 Å². The maximum absolute atomic E-state index is 12.1. The van der Waals surface area contributed by atoms with Crippen molar-refractivity contribution in [2.45, 2.75) is 0 Å². The Balaban J connectivity index is 1.90. The summed E-state index contributed by atoms with van der Waals surface area (Å²) in [6, 6.07) is 17.7. The average molecular weight is 248 g/mol. The molecule has 0 spiro atoms. The molecule has 19 heavy (non-hydrogen) atoms. The number of hydrogen-bond acceptors (Lipinski definition) is 2. The average Bonchev–Trinajstić information content (AvgIpc) is 3.02. The lowest BCUT2D eigenvalue weighted by atomic mass is 10.0. The van der Waals surface area contributed by atoms with Crippen molar-refractivity contribution in [2.24, 2.45) is 0 Å². The lowest BCUT2D eigenvalue weighted by Gasteiger charge is -2.03. The smallest absolute Gasteiger partial charge is 0.196 e. The highest BCUT2D eigenvalue weighted by Crippen LogP contribution is 2.20. The van der Waals surface area contributed by atoms with Crippen LogP contribution in [-0.4, -0.2) is 16.0 Å². The molecule has 1 heterocycles. The second-order valence-corrected chi connectivity index (χ2v) is 4.26. The minimum absolute atomic E-state index is 0.0200.